The average molecular weight is 729 g/mol. The van der Waals surface area contributed by atoms with Gasteiger partial charge in [-0.05, 0) is 31.2 Å². The third-order valence-corrected chi connectivity index (χ3v) is 5.18. The Hall–Kier alpha value is -2.37. The second-order valence-corrected chi connectivity index (χ2v) is 8.49. The van der Waals surface area contributed by atoms with Crippen LogP contribution in [0.5, 0.6) is 0 Å². The van der Waals surface area contributed by atoms with Crippen molar-refractivity contribution in [3.05, 3.63) is 89.1 Å². The predicted octanol–water partition coefficient (Wildman–Crippen LogP) is 6.60. The van der Waals surface area contributed by atoms with E-state index < -0.39 is 5.60 Å². The van der Waals surface area contributed by atoms with Crippen LogP contribution >= 0.6 is 0 Å². The Kier molecular flexibility index (Phi) is 113. The van der Waals surface area contributed by atoms with Gasteiger partial charge in [-0.2, -0.15) is 0 Å². The molecule has 0 aliphatic carbocycles. The second-order valence-electron chi connectivity index (χ2n) is 8.49. The van der Waals surface area contributed by atoms with Gasteiger partial charge in [0.2, 0.25) is 0 Å². The Labute approximate surface area is 296 Å². The Morgan fingerprint density at radius 2 is 1.15 bits per heavy atom. The summed E-state index contributed by atoms with van der Waals surface area (Å²) >= 11 is 0. The van der Waals surface area contributed by atoms with Crippen molar-refractivity contribution in [2.45, 2.75) is 110 Å². The Morgan fingerprint density at radius 3 is 1.57 bits per heavy atom. The molecule has 0 amide bonds. The standard InChI is InChI=1S/C26H42O2.8CO.2Co/c1-5-7-9-12-16-23(3)20-25(28-22-24-17-13-11-14-18-24)21-26(4,27)19-15-10-8-6-2;8*1-2;;/h11,13-14,17-18,23,25,27H,5-10,12,16,20-22H2,1-4H3;;;;;;;;;;/t23-,25+,26?;;;;;;;;;;/m0........../s1. The molecule has 0 aromatic heterocycles. The SMILES string of the molecule is CCCCC#CC(C)(O)C[C@@H](C[C@@H](C)CCCCCC)OCc1ccccc1.[C-]#[O+].[C-]#[O+].[C-]#[O+].[C-]#[O+].[C-]#[O+].[C-]#[O+].[C-]#[O+].[C-]#[O+].[Co].[Co]. The van der Waals surface area contributed by atoms with Gasteiger partial charge in [-0.15, -0.1) is 5.92 Å². The first kappa shape index (κ1) is 70.1. The van der Waals surface area contributed by atoms with Gasteiger partial charge in [0.1, 0.15) is 5.60 Å². The molecule has 1 aromatic rings. The fourth-order valence-electron chi connectivity index (χ4n) is 3.50. The maximum atomic E-state index is 10.8. The summed E-state index contributed by atoms with van der Waals surface area (Å²) in [5, 5.41) is 10.8. The third kappa shape index (κ3) is 64.5. The van der Waals surface area contributed by atoms with E-state index in [1.54, 1.807) is 0 Å². The van der Waals surface area contributed by atoms with E-state index in [1.807, 2.05) is 25.1 Å². The van der Waals surface area contributed by atoms with Crippen molar-refractivity contribution in [3.63, 3.8) is 0 Å². The van der Waals surface area contributed by atoms with Gasteiger partial charge in [-0.1, -0.05) is 95.5 Å². The maximum absolute atomic E-state index is 10.8. The smallest absolute Gasteiger partial charge is 0 e. The van der Waals surface area contributed by atoms with Crippen LogP contribution in [-0.4, -0.2) is 16.8 Å². The molecule has 12 heteroatoms. The van der Waals surface area contributed by atoms with Crippen LogP contribution < -0.4 is 0 Å². The molecule has 0 spiro atoms. The van der Waals surface area contributed by atoms with Crippen LogP contribution in [0.2, 0.25) is 0 Å². The van der Waals surface area contributed by atoms with Gasteiger partial charge in [0.25, 0.3) is 0 Å². The van der Waals surface area contributed by atoms with E-state index in [0.29, 0.717) is 18.9 Å². The number of aliphatic hydroxyl groups is 1. The summed E-state index contributed by atoms with van der Waals surface area (Å²) in [6.45, 7) is 45.1. The summed E-state index contributed by atoms with van der Waals surface area (Å²) in [5.74, 6) is 6.83. The third-order valence-electron chi connectivity index (χ3n) is 5.18. The van der Waals surface area contributed by atoms with Crippen molar-refractivity contribution < 1.29 is 80.6 Å². The normalized spacial score (nSPS) is 9.67. The molecule has 1 rings (SSSR count). The molecule has 0 aliphatic rings. The molecule has 256 valence electrons. The minimum absolute atomic E-state index is 0. The van der Waals surface area contributed by atoms with E-state index in [-0.39, 0.29) is 39.7 Å². The number of rotatable bonds is 14. The molecule has 2 radical (unpaired) electrons. The number of hydrogen-bond donors (Lipinski definition) is 1. The Bertz CT molecular complexity index is 835. The van der Waals surface area contributed by atoms with Crippen LogP contribution in [0.1, 0.15) is 97.5 Å². The molecular weight excluding hydrogens is 686 g/mol. The molecule has 46 heavy (non-hydrogen) atoms. The van der Waals surface area contributed by atoms with E-state index in [1.165, 1.54) is 37.7 Å². The first-order valence-corrected chi connectivity index (χ1v) is 13.0. The molecule has 1 N–H and O–H groups in total. The summed E-state index contributed by atoms with van der Waals surface area (Å²) in [6, 6.07) is 10.3. The molecule has 0 bridgehead atoms. The summed E-state index contributed by atoms with van der Waals surface area (Å²) < 4.78 is 66.3. The second kappa shape index (κ2) is 73.8. The minimum atomic E-state index is -0.989. The molecule has 0 fully saturated rings. The maximum Gasteiger partial charge on any atom is 0 e. The van der Waals surface area contributed by atoms with Gasteiger partial charge in [0.05, 0.1) is 12.7 Å². The molecule has 1 aromatic carbocycles. The van der Waals surface area contributed by atoms with Crippen molar-refractivity contribution in [1.29, 1.82) is 0 Å². The largest absolute Gasteiger partial charge is 0 e. The van der Waals surface area contributed by atoms with Crippen LogP contribution in [0, 0.1) is 71.0 Å². The molecule has 1 unspecified atom stereocenters. The summed E-state index contributed by atoms with van der Waals surface area (Å²) in [5.41, 5.74) is 0.189. The monoisotopic (exact) mass is 728 g/mol. The molecule has 0 heterocycles. The van der Waals surface area contributed by atoms with E-state index in [0.717, 1.165) is 25.7 Å². The van der Waals surface area contributed by atoms with Gasteiger partial charge in [-0.25, -0.2) is 0 Å². The number of unbranched alkanes of at least 4 members (excludes halogenated alkanes) is 5. The fraction of sp³-hybridized carbons (Fsp3) is 0.529. The molecule has 0 saturated carbocycles. The number of benzene rings is 1. The molecular formula is C34H42Co2O10. The summed E-state index contributed by atoms with van der Waals surface area (Å²) in [4.78, 5) is 0. The van der Waals surface area contributed by atoms with E-state index in [4.69, 9.17) is 42.0 Å². The molecule has 0 aliphatic heterocycles. The van der Waals surface area contributed by atoms with Crippen molar-refractivity contribution in [1.82, 2.24) is 0 Å². The average Bonchev–Trinajstić information content (AvgIpc) is 3.11. The van der Waals surface area contributed by atoms with Crippen LogP contribution in [0.3, 0.4) is 0 Å². The topological polar surface area (TPSA) is 189 Å². The zero-order chi connectivity index (χ0) is 36.7. The van der Waals surface area contributed by atoms with Crippen LogP contribution in [-0.2, 0) is 82.1 Å². The van der Waals surface area contributed by atoms with Gasteiger partial charge in [0.15, 0.2) is 0 Å². The first-order valence-electron chi connectivity index (χ1n) is 13.0. The zero-order valence-electron chi connectivity index (χ0n) is 26.6. The molecule has 10 nitrogen and oxygen atoms in total. The first-order chi connectivity index (χ1) is 21.5. The quantitative estimate of drug-likeness (QED) is 0.0979. The van der Waals surface area contributed by atoms with Crippen molar-refractivity contribution >= 4 is 0 Å². The molecule has 3 atom stereocenters. The van der Waals surface area contributed by atoms with E-state index in [9.17, 15) is 5.11 Å². The van der Waals surface area contributed by atoms with Crippen molar-refractivity contribution in [3.8, 4) is 11.8 Å². The zero-order valence-corrected chi connectivity index (χ0v) is 28.7. The van der Waals surface area contributed by atoms with Crippen molar-refractivity contribution in [2.75, 3.05) is 0 Å². The van der Waals surface area contributed by atoms with Gasteiger partial charge >= 0.3 is 90.4 Å². The summed E-state index contributed by atoms with van der Waals surface area (Å²) in [6.07, 6.45) is 11.1. The Morgan fingerprint density at radius 1 is 0.717 bits per heavy atom. The van der Waals surface area contributed by atoms with Crippen LogP contribution in [0.15, 0.2) is 30.3 Å². The predicted molar refractivity (Wildman–Crippen MR) is 152 cm³/mol. The van der Waals surface area contributed by atoms with Gasteiger partial charge in [-0.3, -0.25) is 0 Å². The van der Waals surface area contributed by atoms with Crippen LogP contribution in [0.4, 0.5) is 0 Å². The number of hydrogen-bond acceptors (Lipinski definition) is 2. The Balaban J connectivity index is -0.0000000782. The number of ether oxygens (including phenoxy) is 1. The summed E-state index contributed by atoms with van der Waals surface area (Å²) in [7, 11) is 0. The minimum Gasteiger partial charge on any atom is 0 e. The fourth-order valence-corrected chi connectivity index (χ4v) is 3.50. The van der Waals surface area contributed by atoms with E-state index in [2.05, 4.69) is 97.9 Å². The van der Waals surface area contributed by atoms with Crippen LogP contribution in [0.25, 0.3) is 0 Å². The van der Waals surface area contributed by atoms with E-state index >= 15 is 0 Å². The van der Waals surface area contributed by atoms with Gasteiger partial charge < -0.3 is 9.84 Å². The molecule has 0 saturated heterocycles. The van der Waals surface area contributed by atoms with Crippen molar-refractivity contribution in [2.24, 2.45) is 5.92 Å². The van der Waals surface area contributed by atoms with Gasteiger partial charge in [0, 0.05) is 46.4 Å².